The number of thiophene rings is 1. The third-order valence-electron chi connectivity index (χ3n) is 4.29. The van der Waals surface area contributed by atoms with Crippen LogP contribution in [0.1, 0.15) is 35.9 Å². The Kier molecular flexibility index (Phi) is 4.82. The molecule has 0 radical (unpaired) electrons. The number of benzene rings is 1. The first-order chi connectivity index (χ1) is 12.3. The SMILES string of the molecule is Cc1ccc(C(NC(=O)CN2C(=O)NC(C)(C)C2=O)c2cccs2)cc1. The van der Waals surface area contributed by atoms with Crippen molar-refractivity contribution in [3.63, 3.8) is 0 Å². The summed E-state index contributed by atoms with van der Waals surface area (Å²) in [6.45, 7) is 4.93. The zero-order chi connectivity index (χ0) is 18.9. The number of carbonyl (C=O) groups excluding carboxylic acids is 3. The molecule has 6 nitrogen and oxygen atoms in total. The van der Waals surface area contributed by atoms with Crippen LogP contribution in [0.25, 0.3) is 0 Å². The molecular formula is C19H21N3O3S. The van der Waals surface area contributed by atoms with Crippen molar-refractivity contribution >= 4 is 29.2 Å². The maximum absolute atomic E-state index is 12.6. The Morgan fingerprint density at radius 3 is 2.46 bits per heavy atom. The highest BCUT2D eigenvalue weighted by Crippen LogP contribution is 2.26. The highest BCUT2D eigenvalue weighted by atomic mass is 32.1. The van der Waals surface area contributed by atoms with Crippen LogP contribution in [0.5, 0.6) is 0 Å². The summed E-state index contributed by atoms with van der Waals surface area (Å²) in [5.41, 5.74) is 1.09. The van der Waals surface area contributed by atoms with Gasteiger partial charge in [0.25, 0.3) is 5.91 Å². The highest BCUT2D eigenvalue weighted by Gasteiger charge is 2.45. The number of hydrogen-bond acceptors (Lipinski definition) is 4. The molecule has 0 saturated carbocycles. The number of nitrogens with one attached hydrogen (secondary N) is 2. The minimum absolute atomic E-state index is 0.304. The average molecular weight is 371 g/mol. The lowest BCUT2D eigenvalue weighted by Crippen LogP contribution is -2.43. The van der Waals surface area contributed by atoms with E-state index < -0.39 is 17.5 Å². The summed E-state index contributed by atoms with van der Waals surface area (Å²) >= 11 is 1.54. The normalized spacial score (nSPS) is 17.1. The van der Waals surface area contributed by atoms with Gasteiger partial charge in [0.1, 0.15) is 12.1 Å². The van der Waals surface area contributed by atoms with Gasteiger partial charge in [0, 0.05) is 4.88 Å². The maximum Gasteiger partial charge on any atom is 0.325 e. The van der Waals surface area contributed by atoms with Crippen molar-refractivity contribution in [3.05, 3.63) is 57.8 Å². The van der Waals surface area contributed by atoms with Crippen LogP contribution in [-0.4, -0.2) is 34.8 Å². The average Bonchev–Trinajstić information content (AvgIpc) is 3.17. The van der Waals surface area contributed by atoms with E-state index in [1.54, 1.807) is 25.2 Å². The summed E-state index contributed by atoms with van der Waals surface area (Å²) < 4.78 is 0. The molecule has 2 N–H and O–H groups in total. The van der Waals surface area contributed by atoms with E-state index in [0.717, 1.165) is 20.9 Å². The second-order valence-electron chi connectivity index (χ2n) is 6.87. The van der Waals surface area contributed by atoms with Gasteiger partial charge < -0.3 is 10.6 Å². The Morgan fingerprint density at radius 2 is 1.92 bits per heavy atom. The number of carbonyl (C=O) groups is 3. The van der Waals surface area contributed by atoms with E-state index in [1.807, 2.05) is 48.7 Å². The van der Waals surface area contributed by atoms with E-state index in [4.69, 9.17) is 0 Å². The molecule has 1 aromatic heterocycles. The summed E-state index contributed by atoms with van der Waals surface area (Å²) in [4.78, 5) is 38.7. The Labute approximate surface area is 156 Å². The van der Waals surface area contributed by atoms with E-state index in [1.165, 1.54) is 0 Å². The van der Waals surface area contributed by atoms with E-state index in [9.17, 15) is 14.4 Å². The first-order valence-electron chi connectivity index (χ1n) is 8.31. The fraction of sp³-hybridized carbons (Fsp3) is 0.316. The highest BCUT2D eigenvalue weighted by molar-refractivity contribution is 7.10. The molecule has 1 aliphatic rings. The third kappa shape index (κ3) is 3.62. The van der Waals surface area contributed by atoms with Crippen molar-refractivity contribution in [3.8, 4) is 0 Å². The van der Waals surface area contributed by atoms with Gasteiger partial charge in [0.05, 0.1) is 6.04 Å². The number of urea groups is 1. The summed E-state index contributed by atoms with van der Waals surface area (Å²) in [5.74, 6) is -0.786. The Morgan fingerprint density at radius 1 is 1.23 bits per heavy atom. The molecule has 1 aliphatic heterocycles. The lowest BCUT2D eigenvalue weighted by atomic mass is 10.0. The topological polar surface area (TPSA) is 78.5 Å². The standard InChI is InChI=1S/C19H21N3O3S/c1-12-6-8-13(9-7-12)16(14-5-4-10-26-14)20-15(23)11-22-17(24)19(2,3)21-18(22)25/h4-10,16H,11H2,1-3H3,(H,20,23)(H,21,25). The van der Waals surface area contributed by atoms with Gasteiger partial charge in [0.15, 0.2) is 0 Å². The van der Waals surface area contributed by atoms with Crippen LogP contribution in [0, 0.1) is 6.92 Å². The fourth-order valence-corrected chi connectivity index (χ4v) is 3.65. The Hall–Kier alpha value is -2.67. The molecule has 1 unspecified atom stereocenters. The molecule has 7 heteroatoms. The van der Waals surface area contributed by atoms with Gasteiger partial charge in [-0.25, -0.2) is 4.79 Å². The lowest BCUT2D eigenvalue weighted by molar-refractivity contribution is -0.134. The van der Waals surface area contributed by atoms with Crippen molar-refractivity contribution in [2.24, 2.45) is 0 Å². The third-order valence-corrected chi connectivity index (χ3v) is 5.23. The number of imide groups is 1. The van der Waals surface area contributed by atoms with Crippen molar-refractivity contribution in [2.45, 2.75) is 32.4 Å². The molecule has 1 aromatic carbocycles. The molecule has 2 aromatic rings. The second kappa shape index (κ2) is 6.92. The van der Waals surface area contributed by atoms with Gasteiger partial charge in [-0.15, -0.1) is 11.3 Å². The molecular weight excluding hydrogens is 350 g/mol. The van der Waals surface area contributed by atoms with E-state index in [0.29, 0.717) is 0 Å². The number of hydrogen-bond donors (Lipinski definition) is 2. The fourth-order valence-electron chi connectivity index (χ4n) is 2.84. The molecule has 0 aliphatic carbocycles. The molecule has 26 heavy (non-hydrogen) atoms. The molecule has 2 heterocycles. The predicted molar refractivity (Wildman–Crippen MR) is 99.8 cm³/mol. The van der Waals surface area contributed by atoms with Gasteiger partial charge in [-0.1, -0.05) is 35.9 Å². The van der Waals surface area contributed by atoms with Crippen LogP contribution in [-0.2, 0) is 9.59 Å². The van der Waals surface area contributed by atoms with Crippen LogP contribution in [0.15, 0.2) is 41.8 Å². The Bertz CT molecular complexity index is 828. The summed E-state index contributed by atoms with van der Waals surface area (Å²) in [7, 11) is 0. The number of nitrogens with zero attached hydrogens (tertiary/aromatic N) is 1. The minimum Gasteiger partial charge on any atom is -0.343 e. The van der Waals surface area contributed by atoms with Crippen LogP contribution in [0.3, 0.4) is 0 Å². The van der Waals surface area contributed by atoms with Gasteiger partial charge in [-0.3, -0.25) is 14.5 Å². The van der Waals surface area contributed by atoms with Crippen molar-refractivity contribution in [2.75, 3.05) is 6.54 Å². The molecule has 1 saturated heterocycles. The largest absolute Gasteiger partial charge is 0.343 e. The molecule has 4 amide bonds. The van der Waals surface area contributed by atoms with Crippen molar-refractivity contribution in [1.82, 2.24) is 15.5 Å². The van der Waals surface area contributed by atoms with E-state index in [2.05, 4.69) is 10.6 Å². The van der Waals surface area contributed by atoms with E-state index in [-0.39, 0.29) is 18.5 Å². The molecule has 136 valence electrons. The van der Waals surface area contributed by atoms with Gasteiger partial charge >= 0.3 is 6.03 Å². The number of aryl methyl sites for hydroxylation is 1. The number of rotatable bonds is 5. The van der Waals surface area contributed by atoms with Crippen LogP contribution in [0.4, 0.5) is 4.79 Å². The monoisotopic (exact) mass is 371 g/mol. The molecule has 0 bridgehead atoms. The smallest absolute Gasteiger partial charge is 0.325 e. The minimum atomic E-state index is -0.985. The van der Waals surface area contributed by atoms with Gasteiger partial charge in [-0.2, -0.15) is 0 Å². The van der Waals surface area contributed by atoms with Crippen LogP contribution < -0.4 is 10.6 Å². The predicted octanol–water partition coefficient (Wildman–Crippen LogP) is 2.59. The molecule has 1 atom stereocenters. The Balaban J connectivity index is 1.77. The second-order valence-corrected chi connectivity index (χ2v) is 7.85. The van der Waals surface area contributed by atoms with Crippen molar-refractivity contribution < 1.29 is 14.4 Å². The summed E-state index contributed by atoms with van der Waals surface area (Å²) in [6, 6.07) is 10.9. The molecule has 1 fully saturated rings. The zero-order valence-corrected chi connectivity index (χ0v) is 15.7. The quantitative estimate of drug-likeness (QED) is 0.793. The molecule has 3 rings (SSSR count). The van der Waals surface area contributed by atoms with E-state index >= 15 is 0 Å². The zero-order valence-electron chi connectivity index (χ0n) is 14.9. The number of amides is 4. The molecule has 0 spiro atoms. The maximum atomic E-state index is 12.6. The summed E-state index contributed by atoms with van der Waals surface area (Å²) in [6.07, 6.45) is 0. The first kappa shape index (κ1) is 18.1. The van der Waals surface area contributed by atoms with Crippen molar-refractivity contribution in [1.29, 1.82) is 0 Å². The van der Waals surface area contributed by atoms with Crippen LogP contribution in [0.2, 0.25) is 0 Å². The lowest BCUT2D eigenvalue weighted by Gasteiger charge is -2.20. The summed E-state index contributed by atoms with van der Waals surface area (Å²) in [5, 5.41) is 7.47. The van der Waals surface area contributed by atoms with Crippen LogP contribution >= 0.6 is 11.3 Å². The first-order valence-corrected chi connectivity index (χ1v) is 9.19. The van der Waals surface area contributed by atoms with Gasteiger partial charge in [0.2, 0.25) is 5.91 Å². The van der Waals surface area contributed by atoms with Gasteiger partial charge in [-0.05, 0) is 37.8 Å².